The molecule has 0 spiro atoms. The zero-order valence-electron chi connectivity index (χ0n) is 12.8. The van der Waals surface area contributed by atoms with Gasteiger partial charge in [0, 0.05) is 31.9 Å². The first-order valence-corrected chi connectivity index (χ1v) is 7.94. The van der Waals surface area contributed by atoms with Crippen LogP contribution in [-0.4, -0.2) is 41.1 Å². The molecule has 1 N–H and O–H groups in total. The van der Waals surface area contributed by atoms with Crippen molar-refractivity contribution in [1.82, 2.24) is 14.8 Å². The summed E-state index contributed by atoms with van der Waals surface area (Å²) in [6.45, 7) is 7.81. The zero-order chi connectivity index (χ0) is 14.4. The standard InChI is InChI=1S/C16H27N3O/c1-3-11-19(13-14-8-5-6-10-17-14)16(20)15-9-7-12-18(15)4-2/h7,9,12,14,17H,3-6,8,10-11,13H2,1-2H3. The number of piperidine rings is 1. The van der Waals surface area contributed by atoms with E-state index in [1.807, 2.05) is 27.8 Å². The molecule has 1 amide bonds. The highest BCUT2D eigenvalue weighted by molar-refractivity contribution is 5.92. The van der Waals surface area contributed by atoms with Crippen LogP contribution in [0.5, 0.6) is 0 Å². The van der Waals surface area contributed by atoms with Gasteiger partial charge >= 0.3 is 0 Å². The number of hydrogen-bond acceptors (Lipinski definition) is 2. The lowest BCUT2D eigenvalue weighted by Gasteiger charge is -2.30. The van der Waals surface area contributed by atoms with Crippen LogP contribution in [0.2, 0.25) is 0 Å². The second-order valence-corrected chi connectivity index (χ2v) is 5.58. The maximum atomic E-state index is 12.7. The summed E-state index contributed by atoms with van der Waals surface area (Å²) in [6, 6.07) is 4.35. The van der Waals surface area contributed by atoms with Crippen molar-refractivity contribution in [3.8, 4) is 0 Å². The Balaban J connectivity index is 2.04. The quantitative estimate of drug-likeness (QED) is 0.867. The first-order valence-electron chi connectivity index (χ1n) is 7.94. The first kappa shape index (κ1) is 15.1. The highest BCUT2D eigenvalue weighted by atomic mass is 16.2. The second kappa shape index (κ2) is 7.48. The summed E-state index contributed by atoms with van der Waals surface area (Å²) in [7, 11) is 0. The summed E-state index contributed by atoms with van der Waals surface area (Å²) in [5, 5.41) is 3.54. The van der Waals surface area contributed by atoms with Crippen molar-refractivity contribution in [3.63, 3.8) is 0 Å². The van der Waals surface area contributed by atoms with E-state index in [9.17, 15) is 4.79 Å². The van der Waals surface area contributed by atoms with Gasteiger partial charge in [-0.15, -0.1) is 0 Å². The number of hydrogen-bond donors (Lipinski definition) is 1. The molecule has 0 bridgehead atoms. The Morgan fingerprint density at radius 1 is 1.45 bits per heavy atom. The highest BCUT2D eigenvalue weighted by Gasteiger charge is 2.22. The minimum Gasteiger partial charge on any atom is -0.344 e. The Hall–Kier alpha value is -1.29. The molecular formula is C16H27N3O. The van der Waals surface area contributed by atoms with Crippen LogP contribution in [0.3, 0.4) is 0 Å². The molecule has 20 heavy (non-hydrogen) atoms. The van der Waals surface area contributed by atoms with Crippen molar-refractivity contribution in [2.75, 3.05) is 19.6 Å². The van der Waals surface area contributed by atoms with E-state index in [4.69, 9.17) is 0 Å². The molecule has 0 saturated carbocycles. The molecule has 1 unspecified atom stereocenters. The van der Waals surface area contributed by atoms with E-state index < -0.39 is 0 Å². The van der Waals surface area contributed by atoms with Crippen LogP contribution in [-0.2, 0) is 6.54 Å². The molecule has 4 nitrogen and oxygen atoms in total. The molecule has 1 saturated heterocycles. The number of amides is 1. The average Bonchev–Trinajstić information content (AvgIpc) is 2.95. The molecule has 1 atom stereocenters. The SMILES string of the molecule is CCCN(CC1CCCCN1)C(=O)c1cccn1CC. The van der Waals surface area contributed by atoms with E-state index in [1.54, 1.807) is 0 Å². The molecule has 2 heterocycles. The number of aromatic nitrogens is 1. The predicted molar refractivity (Wildman–Crippen MR) is 81.9 cm³/mol. The summed E-state index contributed by atoms with van der Waals surface area (Å²) in [5.41, 5.74) is 0.816. The third-order valence-electron chi connectivity index (χ3n) is 4.02. The zero-order valence-corrected chi connectivity index (χ0v) is 12.8. The van der Waals surface area contributed by atoms with Crippen molar-refractivity contribution >= 4 is 5.91 Å². The molecule has 112 valence electrons. The van der Waals surface area contributed by atoms with Crippen LogP contribution in [0.1, 0.15) is 50.0 Å². The number of aryl methyl sites for hydroxylation is 1. The van der Waals surface area contributed by atoms with Crippen LogP contribution in [0.25, 0.3) is 0 Å². The summed E-state index contributed by atoms with van der Waals surface area (Å²) in [6.07, 6.45) is 6.71. The Bertz CT molecular complexity index is 421. The lowest BCUT2D eigenvalue weighted by Crippen LogP contribution is -2.46. The van der Waals surface area contributed by atoms with Gasteiger partial charge in [0.05, 0.1) is 0 Å². The Labute approximate surface area is 122 Å². The number of rotatable bonds is 6. The van der Waals surface area contributed by atoms with Crippen LogP contribution in [0.15, 0.2) is 18.3 Å². The monoisotopic (exact) mass is 277 g/mol. The number of nitrogens with zero attached hydrogens (tertiary/aromatic N) is 2. The summed E-state index contributed by atoms with van der Waals surface area (Å²) < 4.78 is 2.03. The molecule has 1 aromatic heterocycles. The fourth-order valence-corrected chi connectivity index (χ4v) is 2.94. The average molecular weight is 277 g/mol. The first-order chi connectivity index (χ1) is 9.76. The maximum absolute atomic E-state index is 12.7. The second-order valence-electron chi connectivity index (χ2n) is 5.58. The molecule has 1 fully saturated rings. The molecular weight excluding hydrogens is 250 g/mol. The third-order valence-corrected chi connectivity index (χ3v) is 4.02. The van der Waals surface area contributed by atoms with E-state index in [0.29, 0.717) is 6.04 Å². The van der Waals surface area contributed by atoms with Crippen molar-refractivity contribution in [2.24, 2.45) is 0 Å². The van der Waals surface area contributed by atoms with Gasteiger partial charge in [-0.25, -0.2) is 0 Å². The van der Waals surface area contributed by atoms with Crippen LogP contribution in [0, 0.1) is 0 Å². The normalized spacial score (nSPS) is 19.0. The number of carbonyl (C=O) groups excluding carboxylic acids is 1. The molecule has 4 heteroatoms. The molecule has 0 aromatic carbocycles. The molecule has 1 aliphatic heterocycles. The summed E-state index contributed by atoms with van der Waals surface area (Å²) in [4.78, 5) is 14.7. The number of nitrogens with one attached hydrogen (secondary N) is 1. The smallest absolute Gasteiger partial charge is 0.270 e. The minimum atomic E-state index is 0.172. The van der Waals surface area contributed by atoms with Gasteiger partial charge in [0.1, 0.15) is 5.69 Å². The van der Waals surface area contributed by atoms with Crippen LogP contribution >= 0.6 is 0 Å². The van der Waals surface area contributed by atoms with Gasteiger partial charge in [-0.1, -0.05) is 13.3 Å². The van der Waals surface area contributed by atoms with E-state index >= 15 is 0 Å². The van der Waals surface area contributed by atoms with E-state index in [0.717, 1.165) is 38.3 Å². The van der Waals surface area contributed by atoms with Crippen LogP contribution in [0.4, 0.5) is 0 Å². The number of carbonyl (C=O) groups is 1. The fraction of sp³-hybridized carbons (Fsp3) is 0.688. The Morgan fingerprint density at radius 3 is 2.95 bits per heavy atom. The summed E-state index contributed by atoms with van der Waals surface area (Å²) in [5.74, 6) is 0.172. The molecule has 0 aliphatic carbocycles. The van der Waals surface area contributed by atoms with Gasteiger partial charge in [-0.2, -0.15) is 0 Å². The van der Waals surface area contributed by atoms with Crippen molar-refractivity contribution in [1.29, 1.82) is 0 Å². The lowest BCUT2D eigenvalue weighted by molar-refractivity contribution is 0.0721. The largest absolute Gasteiger partial charge is 0.344 e. The van der Waals surface area contributed by atoms with Gasteiger partial charge in [-0.3, -0.25) is 4.79 Å². The molecule has 1 aromatic rings. The molecule has 2 rings (SSSR count). The van der Waals surface area contributed by atoms with E-state index in [1.165, 1.54) is 19.3 Å². The fourth-order valence-electron chi connectivity index (χ4n) is 2.94. The maximum Gasteiger partial charge on any atom is 0.270 e. The Morgan fingerprint density at radius 2 is 2.30 bits per heavy atom. The predicted octanol–water partition coefficient (Wildman–Crippen LogP) is 2.50. The van der Waals surface area contributed by atoms with E-state index in [-0.39, 0.29) is 5.91 Å². The van der Waals surface area contributed by atoms with Crippen LogP contribution < -0.4 is 5.32 Å². The van der Waals surface area contributed by atoms with Gasteiger partial charge < -0.3 is 14.8 Å². The van der Waals surface area contributed by atoms with Crippen molar-refractivity contribution < 1.29 is 4.79 Å². The highest BCUT2D eigenvalue weighted by Crippen LogP contribution is 2.12. The van der Waals surface area contributed by atoms with Gasteiger partial charge in [0.25, 0.3) is 5.91 Å². The van der Waals surface area contributed by atoms with Gasteiger partial charge in [-0.05, 0) is 44.9 Å². The lowest BCUT2D eigenvalue weighted by atomic mass is 10.0. The molecule has 1 aliphatic rings. The molecule has 0 radical (unpaired) electrons. The Kier molecular flexibility index (Phi) is 5.65. The minimum absolute atomic E-state index is 0.172. The summed E-state index contributed by atoms with van der Waals surface area (Å²) >= 11 is 0. The third kappa shape index (κ3) is 3.63. The topological polar surface area (TPSA) is 37.3 Å². The van der Waals surface area contributed by atoms with Crippen molar-refractivity contribution in [3.05, 3.63) is 24.0 Å². The van der Waals surface area contributed by atoms with Crippen molar-refractivity contribution in [2.45, 2.75) is 52.1 Å². The van der Waals surface area contributed by atoms with Gasteiger partial charge in [0.15, 0.2) is 0 Å². The van der Waals surface area contributed by atoms with Gasteiger partial charge in [0.2, 0.25) is 0 Å². The van der Waals surface area contributed by atoms with E-state index in [2.05, 4.69) is 19.2 Å².